The third kappa shape index (κ3) is 5.56. The number of ether oxygens (including phenoxy) is 2. The van der Waals surface area contributed by atoms with Crippen LogP contribution in [-0.2, 0) is 4.74 Å². The molecule has 0 aromatic heterocycles. The Bertz CT molecular complexity index is 360. The lowest BCUT2D eigenvalue weighted by Crippen LogP contribution is -2.16. The molecule has 0 aliphatic carbocycles. The Morgan fingerprint density at radius 2 is 1.78 bits per heavy atom. The van der Waals surface area contributed by atoms with Gasteiger partial charge in [-0.15, -0.1) is 0 Å². The van der Waals surface area contributed by atoms with Crippen molar-refractivity contribution in [3.05, 3.63) is 24.3 Å². The summed E-state index contributed by atoms with van der Waals surface area (Å²) in [5.41, 5.74) is 0.335. The van der Waals surface area contributed by atoms with Gasteiger partial charge in [0.05, 0.1) is 0 Å². The van der Waals surface area contributed by atoms with Gasteiger partial charge in [-0.25, -0.2) is 0 Å². The number of methoxy groups -OCH3 is 1. The molecule has 0 N–H and O–H groups in total. The van der Waals surface area contributed by atoms with Crippen molar-refractivity contribution in [2.24, 2.45) is 5.41 Å². The predicted octanol–water partition coefficient (Wildman–Crippen LogP) is 2.98. The molecule has 0 spiro atoms. The number of hydrogen-bond acceptors (Lipinski definition) is 3. The minimum absolute atomic E-state index is 0.265. The van der Waals surface area contributed by atoms with Crippen molar-refractivity contribution >= 4 is 9.76 Å². The molecule has 1 aromatic carbocycles. The third-order valence-corrected chi connectivity index (χ3v) is 4.80. The Hall–Kier alpha value is -1.00. The summed E-state index contributed by atoms with van der Waals surface area (Å²) in [5.74, 6) is 1.59. The summed E-state index contributed by atoms with van der Waals surface area (Å²) in [6.07, 6.45) is -0.265. The van der Waals surface area contributed by atoms with Crippen LogP contribution < -0.4 is 9.16 Å². The topological polar surface area (TPSA) is 27.7 Å². The highest BCUT2D eigenvalue weighted by Gasteiger charge is 2.12. The SMILES string of the molecule is COC(C)Oc1ccccc1O[SiH2]CC(C)(C)C. The maximum absolute atomic E-state index is 5.92. The lowest BCUT2D eigenvalue weighted by molar-refractivity contribution is -0.0391. The van der Waals surface area contributed by atoms with E-state index in [0.29, 0.717) is 5.41 Å². The normalized spacial score (nSPS) is 13.8. The number of benzene rings is 1. The van der Waals surface area contributed by atoms with Crippen molar-refractivity contribution in [1.29, 1.82) is 0 Å². The van der Waals surface area contributed by atoms with Crippen LogP contribution in [0.1, 0.15) is 27.7 Å². The molecule has 1 aromatic rings. The Labute approximate surface area is 112 Å². The average Bonchev–Trinajstić information content (AvgIpc) is 2.29. The van der Waals surface area contributed by atoms with E-state index in [1.54, 1.807) is 7.11 Å². The second-order valence-corrected chi connectivity index (χ2v) is 6.72. The van der Waals surface area contributed by atoms with Gasteiger partial charge in [-0.2, -0.15) is 0 Å². The van der Waals surface area contributed by atoms with Crippen LogP contribution in [0.3, 0.4) is 0 Å². The van der Waals surface area contributed by atoms with E-state index >= 15 is 0 Å². The third-order valence-electron chi connectivity index (χ3n) is 2.58. The van der Waals surface area contributed by atoms with Crippen molar-refractivity contribution in [1.82, 2.24) is 0 Å². The molecule has 0 bridgehead atoms. The summed E-state index contributed by atoms with van der Waals surface area (Å²) in [4.78, 5) is 0. The van der Waals surface area contributed by atoms with Crippen LogP contribution in [0, 0.1) is 5.41 Å². The Kier molecular flexibility index (Phi) is 5.69. The quantitative estimate of drug-likeness (QED) is 0.586. The summed E-state index contributed by atoms with van der Waals surface area (Å²) < 4.78 is 16.7. The first-order valence-corrected chi connectivity index (χ1v) is 7.91. The first-order chi connectivity index (χ1) is 8.42. The summed E-state index contributed by atoms with van der Waals surface area (Å²) in [5, 5.41) is 0. The van der Waals surface area contributed by atoms with E-state index < -0.39 is 9.76 Å². The highest BCUT2D eigenvalue weighted by atomic mass is 28.2. The maximum Gasteiger partial charge on any atom is 0.220 e. The summed E-state index contributed by atoms with van der Waals surface area (Å²) in [6, 6.07) is 8.91. The standard InChI is InChI=1S/C14H24O3Si/c1-11(15-5)16-12-8-6-7-9-13(12)17-18-10-14(2,3)4/h6-9,11H,10,18H2,1-5H3. The number of para-hydroxylation sites is 2. The second-order valence-electron chi connectivity index (χ2n) is 5.53. The van der Waals surface area contributed by atoms with Crippen LogP contribution in [0.15, 0.2) is 24.3 Å². The number of rotatable bonds is 6. The molecule has 102 valence electrons. The van der Waals surface area contributed by atoms with Crippen LogP contribution in [0.5, 0.6) is 11.5 Å². The smallest absolute Gasteiger partial charge is 0.220 e. The van der Waals surface area contributed by atoms with E-state index in [0.717, 1.165) is 17.5 Å². The van der Waals surface area contributed by atoms with Crippen LogP contribution in [0.2, 0.25) is 6.04 Å². The zero-order chi connectivity index (χ0) is 13.6. The molecule has 0 heterocycles. The molecule has 0 aliphatic heterocycles. The Morgan fingerprint density at radius 1 is 1.17 bits per heavy atom. The van der Waals surface area contributed by atoms with Gasteiger partial charge in [0.25, 0.3) is 0 Å². The van der Waals surface area contributed by atoms with Crippen molar-refractivity contribution in [3.8, 4) is 11.5 Å². The molecular weight excluding hydrogens is 244 g/mol. The summed E-state index contributed by atoms with van der Waals surface area (Å²) in [6.45, 7) is 8.57. The van der Waals surface area contributed by atoms with Gasteiger partial charge in [-0.05, 0) is 30.5 Å². The number of hydrogen-bond donors (Lipinski definition) is 0. The van der Waals surface area contributed by atoms with Crippen molar-refractivity contribution in [2.45, 2.75) is 40.0 Å². The molecule has 1 rings (SSSR count). The molecule has 1 atom stereocenters. The van der Waals surface area contributed by atoms with E-state index in [9.17, 15) is 0 Å². The molecule has 0 radical (unpaired) electrons. The minimum atomic E-state index is -0.574. The zero-order valence-corrected chi connectivity index (χ0v) is 13.4. The minimum Gasteiger partial charge on any atom is -0.547 e. The molecule has 0 aliphatic rings. The molecule has 3 nitrogen and oxygen atoms in total. The molecule has 18 heavy (non-hydrogen) atoms. The first-order valence-electron chi connectivity index (χ1n) is 6.33. The van der Waals surface area contributed by atoms with Gasteiger partial charge in [0.1, 0.15) is 5.75 Å². The summed E-state index contributed by atoms with van der Waals surface area (Å²) in [7, 11) is 1.05. The summed E-state index contributed by atoms with van der Waals surface area (Å²) >= 11 is 0. The molecule has 0 saturated carbocycles. The van der Waals surface area contributed by atoms with E-state index in [2.05, 4.69) is 20.8 Å². The highest BCUT2D eigenvalue weighted by Crippen LogP contribution is 2.28. The molecule has 1 unspecified atom stereocenters. The fraction of sp³-hybridized carbons (Fsp3) is 0.571. The first kappa shape index (κ1) is 15.1. The predicted molar refractivity (Wildman–Crippen MR) is 77.0 cm³/mol. The lowest BCUT2D eigenvalue weighted by atomic mass is 10.0. The van der Waals surface area contributed by atoms with Crippen LogP contribution >= 0.6 is 0 Å². The molecule has 0 fully saturated rings. The lowest BCUT2D eigenvalue weighted by Gasteiger charge is -2.20. The van der Waals surface area contributed by atoms with Gasteiger partial charge < -0.3 is 13.9 Å². The Balaban J connectivity index is 2.59. The van der Waals surface area contributed by atoms with Gasteiger partial charge in [-0.3, -0.25) is 0 Å². The van der Waals surface area contributed by atoms with Crippen LogP contribution in [0.4, 0.5) is 0 Å². The van der Waals surface area contributed by atoms with Crippen LogP contribution in [0.25, 0.3) is 0 Å². The van der Waals surface area contributed by atoms with E-state index in [1.807, 2.05) is 31.2 Å². The maximum atomic E-state index is 5.92. The van der Waals surface area contributed by atoms with Crippen LogP contribution in [-0.4, -0.2) is 23.2 Å². The molecular formula is C14H24O3Si. The van der Waals surface area contributed by atoms with E-state index in [4.69, 9.17) is 13.9 Å². The van der Waals surface area contributed by atoms with Gasteiger partial charge in [0.15, 0.2) is 12.0 Å². The monoisotopic (exact) mass is 268 g/mol. The Morgan fingerprint density at radius 3 is 2.33 bits per heavy atom. The van der Waals surface area contributed by atoms with E-state index in [1.165, 1.54) is 0 Å². The fourth-order valence-corrected chi connectivity index (χ4v) is 2.53. The van der Waals surface area contributed by atoms with Gasteiger partial charge in [0.2, 0.25) is 9.76 Å². The molecule has 0 amide bonds. The van der Waals surface area contributed by atoms with Crippen molar-refractivity contribution in [3.63, 3.8) is 0 Å². The van der Waals surface area contributed by atoms with Gasteiger partial charge in [-0.1, -0.05) is 32.9 Å². The van der Waals surface area contributed by atoms with Crippen molar-refractivity contribution in [2.75, 3.05) is 7.11 Å². The average molecular weight is 268 g/mol. The fourth-order valence-electron chi connectivity index (χ4n) is 1.36. The van der Waals surface area contributed by atoms with Gasteiger partial charge >= 0.3 is 0 Å². The van der Waals surface area contributed by atoms with Gasteiger partial charge in [0, 0.05) is 7.11 Å². The zero-order valence-electron chi connectivity index (χ0n) is 12.0. The highest BCUT2D eigenvalue weighted by molar-refractivity contribution is 6.28. The molecule has 4 heteroatoms. The van der Waals surface area contributed by atoms with Crippen molar-refractivity contribution < 1.29 is 13.9 Å². The molecule has 0 saturated heterocycles. The van der Waals surface area contributed by atoms with E-state index in [-0.39, 0.29) is 6.29 Å². The second kappa shape index (κ2) is 6.80. The largest absolute Gasteiger partial charge is 0.547 e.